The van der Waals surface area contributed by atoms with E-state index in [1.165, 1.54) is 6.39 Å². The Morgan fingerprint density at radius 1 is 1.52 bits per heavy atom. The summed E-state index contributed by atoms with van der Waals surface area (Å²) in [7, 11) is 0. The SMILES string of the molecule is CCc1ocnc1C(=O)NCc1noc(C2CCCO2)n1. The van der Waals surface area contributed by atoms with Crippen molar-refractivity contribution in [3.8, 4) is 0 Å². The second kappa shape index (κ2) is 6.04. The van der Waals surface area contributed by atoms with Crippen molar-refractivity contribution in [2.45, 2.75) is 38.8 Å². The van der Waals surface area contributed by atoms with Crippen LogP contribution in [0.4, 0.5) is 0 Å². The lowest BCUT2D eigenvalue weighted by Gasteiger charge is -2.01. The Morgan fingerprint density at radius 2 is 2.43 bits per heavy atom. The van der Waals surface area contributed by atoms with E-state index in [4.69, 9.17) is 13.7 Å². The van der Waals surface area contributed by atoms with E-state index < -0.39 is 0 Å². The van der Waals surface area contributed by atoms with Gasteiger partial charge in [-0.25, -0.2) is 4.98 Å². The smallest absolute Gasteiger partial charge is 0.273 e. The molecule has 1 amide bonds. The highest BCUT2D eigenvalue weighted by Gasteiger charge is 2.24. The number of aromatic nitrogens is 3. The largest absolute Gasteiger partial charge is 0.448 e. The maximum Gasteiger partial charge on any atom is 0.273 e. The fourth-order valence-corrected chi connectivity index (χ4v) is 2.19. The first-order valence-electron chi connectivity index (χ1n) is 6.92. The van der Waals surface area contributed by atoms with Gasteiger partial charge in [-0.2, -0.15) is 4.98 Å². The van der Waals surface area contributed by atoms with Crippen LogP contribution in [0.1, 0.15) is 53.8 Å². The molecule has 0 aliphatic carbocycles. The summed E-state index contributed by atoms with van der Waals surface area (Å²) < 4.78 is 15.7. The van der Waals surface area contributed by atoms with Gasteiger partial charge < -0.3 is 19.0 Å². The molecule has 0 spiro atoms. The van der Waals surface area contributed by atoms with Gasteiger partial charge >= 0.3 is 0 Å². The Morgan fingerprint density at radius 3 is 3.19 bits per heavy atom. The first-order valence-corrected chi connectivity index (χ1v) is 6.92. The zero-order valence-corrected chi connectivity index (χ0v) is 11.7. The first-order chi connectivity index (χ1) is 10.3. The summed E-state index contributed by atoms with van der Waals surface area (Å²) in [6.07, 6.45) is 3.62. The Balaban J connectivity index is 1.58. The van der Waals surface area contributed by atoms with Crippen LogP contribution in [0.15, 0.2) is 15.3 Å². The van der Waals surface area contributed by atoms with Crippen molar-refractivity contribution in [1.29, 1.82) is 0 Å². The van der Waals surface area contributed by atoms with E-state index in [9.17, 15) is 4.79 Å². The van der Waals surface area contributed by atoms with Crippen molar-refractivity contribution in [2.24, 2.45) is 0 Å². The monoisotopic (exact) mass is 292 g/mol. The summed E-state index contributed by atoms with van der Waals surface area (Å²) in [6, 6.07) is 0. The molecule has 2 aromatic heterocycles. The second-order valence-corrected chi connectivity index (χ2v) is 4.71. The van der Waals surface area contributed by atoms with Crippen LogP contribution in [-0.4, -0.2) is 27.6 Å². The number of carbonyl (C=O) groups excluding carboxylic acids is 1. The quantitative estimate of drug-likeness (QED) is 0.888. The molecule has 0 aromatic carbocycles. The summed E-state index contributed by atoms with van der Waals surface area (Å²) in [5.74, 6) is 1.12. The van der Waals surface area contributed by atoms with E-state index >= 15 is 0 Å². The minimum absolute atomic E-state index is 0.121. The van der Waals surface area contributed by atoms with E-state index in [1.807, 2.05) is 6.92 Å². The Labute approximate surface area is 120 Å². The minimum Gasteiger partial charge on any atom is -0.448 e. The zero-order valence-electron chi connectivity index (χ0n) is 11.7. The maximum atomic E-state index is 12.0. The molecule has 1 saturated heterocycles. The lowest BCUT2D eigenvalue weighted by Crippen LogP contribution is -2.24. The summed E-state index contributed by atoms with van der Waals surface area (Å²) in [6.45, 7) is 2.78. The van der Waals surface area contributed by atoms with Crippen LogP contribution in [0.25, 0.3) is 0 Å². The Hall–Kier alpha value is -2.22. The topological polar surface area (TPSA) is 103 Å². The van der Waals surface area contributed by atoms with Crippen LogP contribution >= 0.6 is 0 Å². The number of amides is 1. The van der Waals surface area contributed by atoms with E-state index in [-0.39, 0.29) is 18.6 Å². The van der Waals surface area contributed by atoms with Crippen molar-refractivity contribution >= 4 is 5.91 Å². The average Bonchev–Trinajstić information content (AvgIpc) is 3.24. The number of rotatable bonds is 5. The lowest BCUT2D eigenvalue weighted by molar-refractivity contribution is 0.0835. The van der Waals surface area contributed by atoms with Crippen LogP contribution in [0.5, 0.6) is 0 Å². The molecular weight excluding hydrogens is 276 g/mol. The molecule has 1 aliphatic heterocycles. The van der Waals surface area contributed by atoms with E-state index in [1.54, 1.807) is 0 Å². The molecular formula is C13H16N4O4. The third kappa shape index (κ3) is 2.94. The van der Waals surface area contributed by atoms with Gasteiger partial charge in [-0.1, -0.05) is 12.1 Å². The molecule has 1 atom stereocenters. The summed E-state index contributed by atoms with van der Waals surface area (Å²) in [5, 5.41) is 6.52. The molecule has 1 unspecified atom stereocenters. The number of hydrogen-bond acceptors (Lipinski definition) is 7. The number of oxazole rings is 1. The summed E-state index contributed by atoms with van der Waals surface area (Å²) >= 11 is 0. The highest BCUT2D eigenvalue weighted by Crippen LogP contribution is 2.26. The zero-order chi connectivity index (χ0) is 14.7. The minimum atomic E-state index is -0.316. The predicted molar refractivity (Wildman–Crippen MR) is 69.3 cm³/mol. The predicted octanol–water partition coefficient (Wildman–Crippen LogP) is 1.40. The molecule has 112 valence electrons. The van der Waals surface area contributed by atoms with Gasteiger partial charge in [-0.15, -0.1) is 0 Å². The van der Waals surface area contributed by atoms with Gasteiger partial charge in [0.15, 0.2) is 17.9 Å². The molecule has 1 aliphatic rings. The normalized spacial score (nSPS) is 18.0. The van der Waals surface area contributed by atoms with Gasteiger partial charge in [-0.3, -0.25) is 4.79 Å². The third-order valence-corrected chi connectivity index (χ3v) is 3.27. The number of hydrogen-bond donors (Lipinski definition) is 1. The standard InChI is InChI=1S/C13H16N4O4/c1-2-8-11(15-7-20-8)12(18)14-6-10-16-13(21-17-10)9-4-3-5-19-9/h7,9H,2-6H2,1H3,(H,14,18). The van der Waals surface area contributed by atoms with Gasteiger partial charge in [0.05, 0.1) is 6.54 Å². The van der Waals surface area contributed by atoms with Crippen molar-refractivity contribution < 1.29 is 18.5 Å². The van der Waals surface area contributed by atoms with E-state index in [2.05, 4.69) is 20.4 Å². The number of aryl methyl sites for hydroxylation is 1. The van der Waals surface area contributed by atoms with Crippen LogP contribution in [-0.2, 0) is 17.7 Å². The molecule has 1 fully saturated rings. The number of nitrogens with zero attached hydrogens (tertiary/aromatic N) is 3. The van der Waals surface area contributed by atoms with Gasteiger partial charge in [0.25, 0.3) is 11.8 Å². The third-order valence-electron chi connectivity index (χ3n) is 3.27. The number of nitrogens with one attached hydrogen (secondary N) is 1. The molecule has 0 bridgehead atoms. The van der Waals surface area contributed by atoms with Crippen molar-refractivity contribution in [1.82, 2.24) is 20.4 Å². The van der Waals surface area contributed by atoms with Crippen LogP contribution in [0, 0.1) is 0 Å². The van der Waals surface area contributed by atoms with Crippen LogP contribution in [0.2, 0.25) is 0 Å². The highest BCUT2D eigenvalue weighted by molar-refractivity contribution is 5.93. The molecule has 8 heteroatoms. The van der Waals surface area contributed by atoms with Gasteiger partial charge in [0, 0.05) is 13.0 Å². The molecule has 3 rings (SSSR count). The maximum absolute atomic E-state index is 12.0. The Bertz CT molecular complexity index is 615. The summed E-state index contributed by atoms with van der Waals surface area (Å²) in [4.78, 5) is 20.1. The number of ether oxygens (including phenoxy) is 1. The fourth-order valence-electron chi connectivity index (χ4n) is 2.19. The first kappa shape index (κ1) is 13.7. The summed E-state index contributed by atoms with van der Waals surface area (Å²) in [5.41, 5.74) is 0.292. The Kier molecular flexibility index (Phi) is 3.96. The molecule has 2 aromatic rings. The molecule has 0 radical (unpaired) electrons. The van der Waals surface area contributed by atoms with Crippen molar-refractivity contribution in [3.63, 3.8) is 0 Å². The molecule has 3 heterocycles. The van der Waals surface area contributed by atoms with Crippen LogP contribution in [0.3, 0.4) is 0 Å². The van der Waals surface area contributed by atoms with Crippen molar-refractivity contribution in [2.75, 3.05) is 6.61 Å². The molecule has 0 saturated carbocycles. The highest BCUT2D eigenvalue weighted by atomic mass is 16.5. The van der Waals surface area contributed by atoms with E-state index in [0.717, 1.165) is 12.8 Å². The van der Waals surface area contributed by atoms with Gasteiger partial charge in [0.1, 0.15) is 11.9 Å². The van der Waals surface area contributed by atoms with Gasteiger partial charge in [-0.05, 0) is 12.8 Å². The fraction of sp³-hybridized carbons (Fsp3) is 0.538. The second-order valence-electron chi connectivity index (χ2n) is 4.71. The molecule has 8 nitrogen and oxygen atoms in total. The number of carbonyl (C=O) groups is 1. The van der Waals surface area contributed by atoms with Gasteiger partial charge in [0.2, 0.25) is 0 Å². The molecule has 21 heavy (non-hydrogen) atoms. The average molecular weight is 292 g/mol. The van der Waals surface area contributed by atoms with Crippen molar-refractivity contribution in [3.05, 3.63) is 29.6 Å². The van der Waals surface area contributed by atoms with E-state index in [0.29, 0.717) is 36.2 Å². The lowest BCUT2D eigenvalue weighted by atomic mass is 10.2. The van der Waals surface area contributed by atoms with Crippen LogP contribution < -0.4 is 5.32 Å². The molecule has 1 N–H and O–H groups in total.